The van der Waals surface area contributed by atoms with Crippen molar-refractivity contribution in [1.29, 1.82) is 0 Å². The molecular weight excluding hydrogens is 338 g/mol. The second kappa shape index (κ2) is 6.46. The molecular formula is C12H10F2N2O4S2. The van der Waals surface area contributed by atoms with Crippen LogP contribution in [-0.4, -0.2) is 31.0 Å². The van der Waals surface area contributed by atoms with Gasteiger partial charge < -0.3 is 5.11 Å². The van der Waals surface area contributed by atoms with E-state index in [4.69, 9.17) is 5.11 Å². The molecule has 10 heteroatoms. The molecule has 2 aromatic heterocycles. The first-order chi connectivity index (χ1) is 10.3. The van der Waals surface area contributed by atoms with Gasteiger partial charge in [0.15, 0.2) is 0 Å². The Morgan fingerprint density at radius 2 is 2.09 bits per heavy atom. The zero-order valence-electron chi connectivity index (χ0n) is 10.9. The molecule has 0 amide bonds. The summed E-state index contributed by atoms with van der Waals surface area (Å²) >= 11 is 0.786. The Kier molecular flexibility index (Phi) is 4.84. The normalized spacial score (nSPS) is 11.5. The number of aromatic carboxylic acids is 1. The lowest BCUT2D eigenvalue weighted by Gasteiger charge is -2.05. The smallest absolute Gasteiger partial charge is 0.345 e. The summed E-state index contributed by atoms with van der Waals surface area (Å²) in [6.45, 7) is -0.157. The summed E-state index contributed by atoms with van der Waals surface area (Å²) in [5.74, 6) is -2.90. The number of carboxylic acid groups (broad SMARTS) is 1. The van der Waals surface area contributed by atoms with Crippen LogP contribution in [0, 0.1) is 11.6 Å². The number of hydrogen-bond donors (Lipinski definition) is 2. The van der Waals surface area contributed by atoms with Crippen LogP contribution in [0.25, 0.3) is 0 Å². The lowest BCUT2D eigenvalue weighted by atomic mass is 10.2. The van der Waals surface area contributed by atoms with Gasteiger partial charge in [0.05, 0.1) is 16.8 Å². The molecule has 0 aliphatic carbocycles. The third kappa shape index (κ3) is 3.84. The zero-order valence-corrected chi connectivity index (χ0v) is 12.5. The first kappa shape index (κ1) is 16.5. The molecule has 0 saturated heterocycles. The van der Waals surface area contributed by atoms with Crippen molar-refractivity contribution < 1.29 is 27.1 Å². The molecule has 2 rings (SSSR count). The zero-order chi connectivity index (χ0) is 16.3. The van der Waals surface area contributed by atoms with Crippen LogP contribution in [0.4, 0.5) is 8.78 Å². The van der Waals surface area contributed by atoms with Crippen LogP contribution in [0.1, 0.15) is 15.4 Å². The second-order valence-corrected chi connectivity index (χ2v) is 6.86. The van der Waals surface area contributed by atoms with E-state index in [1.807, 2.05) is 0 Å². The molecule has 0 radical (unpaired) electrons. The van der Waals surface area contributed by atoms with E-state index in [2.05, 4.69) is 9.71 Å². The van der Waals surface area contributed by atoms with Gasteiger partial charge in [-0.15, -0.1) is 11.3 Å². The van der Waals surface area contributed by atoms with E-state index >= 15 is 0 Å². The summed E-state index contributed by atoms with van der Waals surface area (Å²) in [4.78, 5) is 14.0. The molecule has 0 aliphatic heterocycles. The van der Waals surface area contributed by atoms with Crippen molar-refractivity contribution >= 4 is 27.3 Å². The minimum Gasteiger partial charge on any atom is -0.477 e. The van der Waals surface area contributed by atoms with E-state index in [0.717, 1.165) is 23.6 Å². The van der Waals surface area contributed by atoms with E-state index in [1.54, 1.807) is 0 Å². The highest BCUT2D eigenvalue weighted by molar-refractivity contribution is 7.89. The van der Waals surface area contributed by atoms with Crippen LogP contribution < -0.4 is 4.72 Å². The number of hydrogen-bond acceptors (Lipinski definition) is 5. The molecule has 22 heavy (non-hydrogen) atoms. The Bertz CT molecular complexity index is 805. The number of carbonyl (C=O) groups is 1. The third-order valence-electron chi connectivity index (χ3n) is 2.63. The highest BCUT2D eigenvalue weighted by Crippen LogP contribution is 2.19. The summed E-state index contributed by atoms with van der Waals surface area (Å²) in [5.41, 5.74) is -0.0688. The quantitative estimate of drug-likeness (QED) is 0.827. The minimum atomic E-state index is -3.89. The summed E-state index contributed by atoms with van der Waals surface area (Å²) in [7, 11) is -3.89. The van der Waals surface area contributed by atoms with Gasteiger partial charge >= 0.3 is 5.97 Å². The molecule has 0 atom stereocenters. The van der Waals surface area contributed by atoms with Crippen LogP contribution in [0.3, 0.4) is 0 Å². The Morgan fingerprint density at radius 1 is 1.36 bits per heavy atom. The average Bonchev–Trinajstić information content (AvgIpc) is 2.92. The Morgan fingerprint density at radius 3 is 2.68 bits per heavy atom. The monoisotopic (exact) mass is 348 g/mol. The highest BCUT2D eigenvalue weighted by atomic mass is 32.2. The molecule has 6 nitrogen and oxygen atoms in total. The number of nitrogens with zero attached hydrogens (tertiary/aromatic N) is 1. The van der Waals surface area contributed by atoms with Gasteiger partial charge in [0.25, 0.3) is 0 Å². The second-order valence-electron chi connectivity index (χ2n) is 4.18. The van der Waals surface area contributed by atoms with Crippen LogP contribution in [0.15, 0.2) is 28.6 Å². The molecule has 0 spiro atoms. The van der Waals surface area contributed by atoms with Crippen LogP contribution in [-0.2, 0) is 16.4 Å². The Hall–Kier alpha value is -1.91. The molecule has 0 saturated carbocycles. The highest BCUT2D eigenvalue weighted by Gasteiger charge is 2.18. The number of nitrogens with one attached hydrogen (secondary N) is 1. The fourth-order valence-corrected chi connectivity index (χ4v) is 3.73. The van der Waals surface area contributed by atoms with Gasteiger partial charge in [0, 0.05) is 24.4 Å². The average molecular weight is 348 g/mol. The van der Waals surface area contributed by atoms with Crippen LogP contribution in [0.2, 0.25) is 0 Å². The lowest BCUT2D eigenvalue weighted by Crippen LogP contribution is -2.26. The molecule has 0 aliphatic rings. The standard InChI is InChI=1S/C12H10F2N2O4S2/c13-7-3-9(14)10(15-5-7)1-2-16-22(19,20)8-4-11(12(17)18)21-6-8/h3-6,16H,1-2H2,(H,17,18). The minimum absolute atomic E-state index is 0.0682. The number of halogens is 2. The molecule has 2 aromatic rings. The Balaban J connectivity index is 2.01. The van der Waals surface area contributed by atoms with Gasteiger partial charge in [-0.2, -0.15) is 0 Å². The molecule has 0 aromatic carbocycles. The van der Waals surface area contributed by atoms with E-state index < -0.39 is 27.6 Å². The van der Waals surface area contributed by atoms with E-state index in [-0.39, 0.29) is 28.4 Å². The third-order valence-corrected chi connectivity index (χ3v) is 5.14. The van der Waals surface area contributed by atoms with Gasteiger partial charge in [-0.1, -0.05) is 0 Å². The van der Waals surface area contributed by atoms with Crippen molar-refractivity contribution in [2.75, 3.05) is 6.54 Å². The maximum atomic E-state index is 13.3. The summed E-state index contributed by atoms with van der Waals surface area (Å²) in [6, 6.07) is 1.70. The molecule has 2 heterocycles. The number of rotatable bonds is 6. The first-order valence-electron chi connectivity index (χ1n) is 5.91. The topological polar surface area (TPSA) is 96.4 Å². The lowest BCUT2D eigenvalue weighted by molar-refractivity contribution is 0.0702. The van der Waals surface area contributed by atoms with E-state index in [0.29, 0.717) is 6.07 Å². The molecule has 0 unspecified atom stereocenters. The van der Waals surface area contributed by atoms with Crippen molar-refractivity contribution in [3.05, 3.63) is 45.9 Å². The summed E-state index contributed by atoms with van der Waals surface area (Å²) in [6.07, 6.45) is 0.770. The first-order valence-corrected chi connectivity index (χ1v) is 8.27. The molecule has 2 N–H and O–H groups in total. The maximum Gasteiger partial charge on any atom is 0.345 e. The van der Waals surface area contributed by atoms with Crippen molar-refractivity contribution in [3.63, 3.8) is 0 Å². The van der Waals surface area contributed by atoms with E-state index in [1.165, 1.54) is 5.38 Å². The number of aromatic nitrogens is 1. The number of thiophene rings is 1. The largest absolute Gasteiger partial charge is 0.477 e. The van der Waals surface area contributed by atoms with Gasteiger partial charge in [0.1, 0.15) is 16.5 Å². The summed E-state index contributed by atoms with van der Waals surface area (Å²) in [5, 5.41) is 9.95. The van der Waals surface area contributed by atoms with Crippen LogP contribution >= 0.6 is 11.3 Å². The maximum absolute atomic E-state index is 13.3. The molecule has 118 valence electrons. The number of pyridine rings is 1. The predicted octanol–water partition coefficient (Wildman–Crippen LogP) is 1.64. The van der Waals surface area contributed by atoms with E-state index in [9.17, 15) is 22.0 Å². The molecule has 0 fully saturated rings. The van der Waals surface area contributed by atoms with Gasteiger partial charge in [-0.05, 0) is 6.07 Å². The van der Waals surface area contributed by atoms with Gasteiger partial charge in [-0.25, -0.2) is 26.7 Å². The van der Waals surface area contributed by atoms with Gasteiger partial charge in [0.2, 0.25) is 10.0 Å². The number of sulfonamides is 1. The SMILES string of the molecule is O=C(O)c1cc(S(=O)(=O)NCCc2ncc(F)cc2F)cs1. The number of carboxylic acids is 1. The Labute approximate surface area is 128 Å². The van der Waals surface area contributed by atoms with Crippen molar-refractivity contribution in [2.45, 2.75) is 11.3 Å². The summed E-state index contributed by atoms with van der Waals surface area (Å²) < 4.78 is 52.1. The van der Waals surface area contributed by atoms with Crippen molar-refractivity contribution in [3.8, 4) is 0 Å². The fraction of sp³-hybridized carbons (Fsp3) is 0.167. The molecule has 0 bridgehead atoms. The van der Waals surface area contributed by atoms with Gasteiger partial charge in [-0.3, -0.25) is 4.98 Å². The predicted molar refractivity (Wildman–Crippen MR) is 74.3 cm³/mol. The fourth-order valence-electron chi connectivity index (χ4n) is 1.59. The van der Waals surface area contributed by atoms with Crippen molar-refractivity contribution in [2.24, 2.45) is 0 Å². The van der Waals surface area contributed by atoms with Crippen molar-refractivity contribution in [1.82, 2.24) is 9.71 Å². The van der Waals surface area contributed by atoms with Crippen LogP contribution in [0.5, 0.6) is 0 Å².